The van der Waals surface area contributed by atoms with Crippen LogP contribution in [0.25, 0.3) is 0 Å². The minimum absolute atomic E-state index is 0.220. The Morgan fingerprint density at radius 3 is 2.67 bits per heavy atom. The standard InChI is InChI=1S/C11H22N2O2S3/c1-11(2,10(12)16)4-5-13-6-7-17-8-9(13)18(3,14)15/h9H,4-8H2,1-3H3,(H2,12,16). The zero-order valence-electron chi connectivity index (χ0n) is 11.2. The van der Waals surface area contributed by atoms with Gasteiger partial charge in [-0.05, 0) is 6.42 Å². The number of hydrogen-bond donors (Lipinski definition) is 1. The molecular weight excluding hydrogens is 288 g/mol. The first-order valence-electron chi connectivity index (χ1n) is 5.95. The van der Waals surface area contributed by atoms with Crippen LogP contribution in [0.3, 0.4) is 0 Å². The molecule has 0 bridgehead atoms. The predicted octanol–water partition coefficient (Wildman–Crippen LogP) is 1.11. The average Bonchev–Trinajstić information content (AvgIpc) is 2.25. The molecule has 0 aromatic carbocycles. The van der Waals surface area contributed by atoms with E-state index in [0.717, 1.165) is 25.3 Å². The van der Waals surface area contributed by atoms with Gasteiger partial charge in [-0.2, -0.15) is 11.8 Å². The second-order valence-corrected chi connectivity index (χ2v) is 9.19. The number of thioether (sulfide) groups is 1. The summed E-state index contributed by atoms with van der Waals surface area (Å²) in [6.45, 7) is 5.55. The molecule has 7 heteroatoms. The highest BCUT2D eigenvalue weighted by Crippen LogP contribution is 2.25. The second-order valence-electron chi connectivity index (χ2n) is 5.39. The zero-order chi connectivity index (χ0) is 14.0. The molecule has 18 heavy (non-hydrogen) atoms. The van der Waals surface area contributed by atoms with Crippen molar-refractivity contribution in [2.45, 2.75) is 25.6 Å². The molecule has 1 fully saturated rings. The van der Waals surface area contributed by atoms with Crippen LogP contribution in [0.4, 0.5) is 0 Å². The van der Waals surface area contributed by atoms with Crippen LogP contribution in [-0.4, -0.2) is 54.5 Å². The van der Waals surface area contributed by atoms with Gasteiger partial charge in [-0.25, -0.2) is 8.42 Å². The lowest BCUT2D eigenvalue weighted by molar-refractivity contribution is 0.243. The minimum atomic E-state index is -3.02. The topological polar surface area (TPSA) is 63.4 Å². The number of sulfone groups is 1. The number of thiocarbonyl (C=S) groups is 1. The van der Waals surface area contributed by atoms with Crippen LogP contribution in [-0.2, 0) is 9.84 Å². The molecule has 106 valence electrons. The van der Waals surface area contributed by atoms with Crippen molar-refractivity contribution in [2.75, 3.05) is 30.9 Å². The lowest BCUT2D eigenvalue weighted by Crippen LogP contribution is -2.48. The maximum Gasteiger partial charge on any atom is 0.164 e. The molecule has 0 aromatic rings. The van der Waals surface area contributed by atoms with Gasteiger partial charge >= 0.3 is 0 Å². The molecule has 1 rings (SSSR count). The van der Waals surface area contributed by atoms with E-state index in [1.165, 1.54) is 6.26 Å². The molecular formula is C11H22N2O2S3. The number of hydrogen-bond acceptors (Lipinski definition) is 5. The number of nitrogens with zero attached hydrogens (tertiary/aromatic N) is 1. The average molecular weight is 311 g/mol. The molecule has 0 aromatic heterocycles. The van der Waals surface area contributed by atoms with Gasteiger partial charge in [0, 0.05) is 36.3 Å². The highest BCUT2D eigenvalue weighted by atomic mass is 32.2. The summed E-state index contributed by atoms with van der Waals surface area (Å²) in [6, 6.07) is 0. The van der Waals surface area contributed by atoms with E-state index in [4.69, 9.17) is 18.0 Å². The van der Waals surface area contributed by atoms with Crippen LogP contribution in [0.1, 0.15) is 20.3 Å². The van der Waals surface area contributed by atoms with Crippen molar-refractivity contribution >= 4 is 38.8 Å². The first kappa shape index (κ1) is 16.2. The summed E-state index contributed by atoms with van der Waals surface area (Å²) in [5.74, 6) is 1.64. The van der Waals surface area contributed by atoms with E-state index in [9.17, 15) is 8.42 Å². The fourth-order valence-electron chi connectivity index (χ4n) is 1.81. The van der Waals surface area contributed by atoms with Crippen LogP contribution in [0, 0.1) is 5.41 Å². The van der Waals surface area contributed by atoms with E-state index >= 15 is 0 Å². The summed E-state index contributed by atoms with van der Waals surface area (Å²) in [7, 11) is -3.02. The van der Waals surface area contributed by atoms with E-state index in [0.29, 0.717) is 10.7 Å². The Hall–Kier alpha value is 0.150. The number of nitrogens with two attached hydrogens (primary N) is 1. The lowest BCUT2D eigenvalue weighted by Gasteiger charge is -2.36. The first-order chi connectivity index (χ1) is 8.14. The Morgan fingerprint density at radius 2 is 2.17 bits per heavy atom. The van der Waals surface area contributed by atoms with Crippen LogP contribution >= 0.6 is 24.0 Å². The minimum Gasteiger partial charge on any atom is -0.393 e. The van der Waals surface area contributed by atoms with Gasteiger partial charge in [-0.15, -0.1) is 0 Å². The van der Waals surface area contributed by atoms with E-state index in [2.05, 4.69) is 0 Å². The van der Waals surface area contributed by atoms with Gasteiger partial charge in [-0.3, -0.25) is 4.90 Å². The highest BCUT2D eigenvalue weighted by Gasteiger charge is 2.32. The van der Waals surface area contributed by atoms with Crippen molar-refractivity contribution in [3.63, 3.8) is 0 Å². The van der Waals surface area contributed by atoms with Crippen molar-refractivity contribution < 1.29 is 8.42 Å². The van der Waals surface area contributed by atoms with Crippen molar-refractivity contribution in [1.29, 1.82) is 0 Å². The van der Waals surface area contributed by atoms with Gasteiger partial charge in [0.2, 0.25) is 0 Å². The molecule has 2 N–H and O–H groups in total. The zero-order valence-corrected chi connectivity index (χ0v) is 13.6. The number of rotatable bonds is 5. The molecule has 1 unspecified atom stereocenters. The monoisotopic (exact) mass is 310 g/mol. The molecule has 1 saturated heterocycles. The van der Waals surface area contributed by atoms with Gasteiger partial charge < -0.3 is 5.73 Å². The lowest BCUT2D eigenvalue weighted by atomic mass is 9.89. The molecule has 0 spiro atoms. The normalized spacial score (nSPS) is 22.9. The smallest absolute Gasteiger partial charge is 0.164 e. The largest absolute Gasteiger partial charge is 0.393 e. The molecule has 0 amide bonds. The van der Waals surface area contributed by atoms with Crippen LogP contribution in [0.5, 0.6) is 0 Å². The van der Waals surface area contributed by atoms with Gasteiger partial charge in [-0.1, -0.05) is 26.1 Å². The Kier molecular flexibility index (Phi) is 5.46. The van der Waals surface area contributed by atoms with Crippen molar-refractivity contribution in [3.05, 3.63) is 0 Å². The Morgan fingerprint density at radius 1 is 1.56 bits per heavy atom. The summed E-state index contributed by atoms with van der Waals surface area (Å²) in [4.78, 5) is 2.54. The van der Waals surface area contributed by atoms with Crippen molar-refractivity contribution in [2.24, 2.45) is 11.1 Å². The summed E-state index contributed by atoms with van der Waals surface area (Å²) < 4.78 is 23.5. The van der Waals surface area contributed by atoms with Crippen LogP contribution in [0.2, 0.25) is 0 Å². The van der Waals surface area contributed by atoms with E-state index < -0.39 is 9.84 Å². The highest BCUT2D eigenvalue weighted by molar-refractivity contribution is 8.00. The maximum atomic E-state index is 11.7. The van der Waals surface area contributed by atoms with Crippen molar-refractivity contribution in [3.8, 4) is 0 Å². The van der Waals surface area contributed by atoms with Gasteiger partial charge in [0.15, 0.2) is 9.84 Å². The van der Waals surface area contributed by atoms with E-state index in [1.54, 1.807) is 11.8 Å². The van der Waals surface area contributed by atoms with Gasteiger partial charge in [0.05, 0.1) is 4.99 Å². The Bertz CT molecular complexity index is 407. The van der Waals surface area contributed by atoms with E-state index in [1.807, 2.05) is 18.7 Å². The third-order valence-corrected chi connectivity index (χ3v) is 6.62. The quantitative estimate of drug-likeness (QED) is 0.768. The fraction of sp³-hybridized carbons (Fsp3) is 0.909. The molecule has 1 aliphatic heterocycles. The molecule has 1 atom stereocenters. The summed E-state index contributed by atoms with van der Waals surface area (Å²) in [6.07, 6.45) is 2.11. The predicted molar refractivity (Wildman–Crippen MR) is 82.7 cm³/mol. The van der Waals surface area contributed by atoms with Gasteiger partial charge in [0.25, 0.3) is 0 Å². The van der Waals surface area contributed by atoms with Crippen molar-refractivity contribution in [1.82, 2.24) is 4.90 Å². The second kappa shape index (κ2) is 6.07. The maximum absolute atomic E-state index is 11.7. The van der Waals surface area contributed by atoms with Crippen LogP contribution in [0.15, 0.2) is 0 Å². The third kappa shape index (κ3) is 4.36. The summed E-state index contributed by atoms with van der Waals surface area (Å²) in [5.41, 5.74) is 5.48. The molecule has 0 aliphatic carbocycles. The molecule has 1 aliphatic rings. The molecule has 1 heterocycles. The third-order valence-electron chi connectivity index (χ3n) is 3.38. The molecule has 0 radical (unpaired) electrons. The molecule has 4 nitrogen and oxygen atoms in total. The SMILES string of the molecule is CC(C)(CCN1CCSCC1S(C)(=O)=O)C(N)=S. The van der Waals surface area contributed by atoms with E-state index in [-0.39, 0.29) is 10.8 Å². The van der Waals surface area contributed by atoms with Gasteiger partial charge in [0.1, 0.15) is 5.37 Å². The Labute approximate surface area is 120 Å². The first-order valence-corrected chi connectivity index (χ1v) is 9.47. The summed E-state index contributed by atoms with van der Waals surface area (Å²) in [5, 5.41) is -0.363. The Balaban J connectivity index is 2.67. The summed E-state index contributed by atoms with van der Waals surface area (Å²) >= 11 is 6.74. The molecule has 0 saturated carbocycles. The fourth-order valence-corrected chi connectivity index (χ4v) is 4.89. The van der Waals surface area contributed by atoms with Crippen LogP contribution < -0.4 is 5.73 Å².